The first-order valence-corrected chi connectivity index (χ1v) is 8.87. The van der Waals surface area contributed by atoms with Crippen molar-refractivity contribution in [2.75, 3.05) is 11.9 Å². The third-order valence-corrected chi connectivity index (χ3v) is 5.03. The quantitative estimate of drug-likeness (QED) is 0.857. The SMILES string of the molecule is O=C1CN(C(=O)C2CC2)[C@@H](c2ccccc2)c2cc(Br)ccc2N1. The average molecular weight is 385 g/mol. The number of nitrogens with one attached hydrogen (secondary N) is 1. The number of rotatable bonds is 2. The van der Waals surface area contributed by atoms with Crippen LogP contribution in [0.15, 0.2) is 53.0 Å². The largest absolute Gasteiger partial charge is 0.324 e. The highest BCUT2D eigenvalue weighted by Gasteiger charge is 2.40. The van der Waals surface area contributed by atoms with E-state index in [1.165, 1.54) is 0 Å². The van der Waals surface area contributed by atoms with Gasteiger partial charge in [0, 0.05) is 21.6 Å². The van der Waals surface area contributed by atoms with Crippen molar-refractivity contribution >= 4 is 33.4 Å². The zero-order valence-electron chi connectivity index (χ0n) is 13.0. The third kappa shape index (κ3) is 2.84. The van der Waals surface area contributed by atoms with Gasteiger partial charge >= 0.3 is 0 Å². The second kappa shape index (κ2) is 6.06. The normalized spacial score (nSPS) is 20.1. The molecule has 0 bridgehead atoms. The van der Waals surface area contributed by atoms with Crippen molar-refractivity contribution < 1.29 is 9.59 Å². The first-order chi connectivity index (χ1) is 11.6. The van der Waals surface area contributed by atoms with Gasteiger partial charge in [0.15, 0.2) is 0 Å². The summed E-state index contributed by atoms with van der Waals surface area (Å²) in [6, 6.07) is 15.4. The minimum absolute atomic E-state index is 0.0673. The Hall–Kier alpha value is -2.14. The molecule has 24 heavy (non-hydrogen) atoms. The molecule has 122 valence electrons. The lowest BCUT2D eigenvalue weighted by Crippen LogP contribution is -2.39. The summed E-state index contributed by atoms with van der Waals surface area (Å²) >= 11 is 3.51. The number of carbonyl (C=O) groups is 2. The molecule has 2 aliphatic rings. The summed E-state index contributed by atoms with van der Waals surface area (Å²) in [4.78, 5) is 27.0. The van der Waals surface area contributed by atoms with E-state index in [0.717, 1.165) is 34.1 Å². The lowest BCUT2D eigenvalue weighted by Gasteiger charge is -2.30. The van der Waals surface area contributed by atoms with Gasteiger partial charge in [-0.2, -0.15) is 0 Å². The summed E-state index contributed by atoms with van der Waals surface area (Å²) in [5, 5.41) is 2.94. The van der Waals surface area contributed by atoms with Gasteiger partial charge in [-0.1, -0.05) is 46.3 Å². The minimum atomic E-state index is -0.259. The Labute approximate surface area is 149 Å². The summed E-state index contributed by atoms with van der Waals surface area (Å²) in [7, 11) is 0. The molecule has 1 aliphatic carbocycles. The Morgan fingerprint density at radius 2 is 1.88 bits per heavy atom. The van der Waals surface area contributed by atoms with Crippen molar-refractivity contribution in [2.45, 2.75) is 18.9 Å². The number of fused-ring (bicyclic) bond motifs is 1. The second-order valence-electron chi connectivity index (χ2n) is 6.33. The van der Waals surface area contributed by atoms with Crippen LogP contribution in [0.1, 0.15) is 30.0 Å². The van der Waals surface area contributed by atoms with Crippen molar-refractivity contribution in [2.24, 2.45) is 5.92 Å². The molecule has 0 radical (unpaired) electrons. The number of nitrogens with zero attached hydrogens (tertiary/aromatic N) is 1. The van der Waals surface area contributed by atoms with E-state index < -0.39 is 0 Å². The van der Waals surface area contributed by atoms with E-state index in [2.05, 4.69) is 21.2 Å². The topological polar surface area (TPSA) is 49.4 Å². The Bertz CT molecular complexity index is 802. The molecule has 1 aliphatic heterocycles. The van der Waals surface area contributed by atoms with E-state index in [-0.39, 0.29) is 30.3 Å². The van der Waals surface area contributed by atoms with E-state index in [4.69, 9.17) is 0 Å². The van der Waals surface area contributed by atoms with Gasteiger partial charge in [0.2, 0.25) is 11.8 Å². The molecule has 5 heteroatoms. The van der Waals surface area contributed by atoms with Crippen LogP contribution < -0.4 is 5.32 Å². The Morgan fingerprint density at radius 1 is 1.12 bits per heavy atom. The zero-order valence-corrected chi connectivity index (χ0v) is 14.6. The van der Waals surface area contributed by atoms with Crippen LogP contribution in [0.2, 0.25) is 0 Å². The van der Waals surface area contributed by atoms with E-state index in [1.54, 1.807) is 4.90 Å². The van der Waals surface area contributed by atoms with Gasteiger partial charge in [-0.05, 0) is 36.6 Å². The highest BCUT2D eigenvalue weighted by Crippen LogP contribution is 2.40. The lowest BCUT2D eigenvalue weighted by atomic mass is 9.95. The van der Waals surface area contributed by atoms with Crippen LogP contribution in [0.25, 0.3) is 0 Å². The van der Waals surface area contributed by atoms with Gasteiger partial charge in [-0.25, -0.2) is 0 Å². The van der Waals surface area contributed by atoms with E-state index in [9.17, 15) is 9.59 Å². The molecule has 2 aromatic rings. The molecule has 0 saturated heterocycles. The summed E-state index contributed by atoms with van der Waals surface area (Å²) < 4.78 is 0.928. The molecular formula is C19H17BrN2O2. The lowest BCUT2D eigenvalue weighted by molar-refractivity contribution is -0.137. The van der Waals surface area contributed by atoms with Gasteiger partial charge < -0.3 is 10.2 Å². The molecular weight excluding hydrogens is 368 g/mol. The molecule has 4 nitrogen and oxygen atoms in total. The molecule has 1 heterocycles. The first kappa shape index (κ1) is 15.4. The number of hydrogen-bond acceptors (Lipinski definition) is 2. The van der Waals surface area contributed by atoms with Crippen molar-refractivity contribution in [1.82, 2.24) is 4.90 Å². The van der Waals surface area contributed by atoms with Gasteiger partial charge in [0.1, 0.15) is 6.54 Å². The summed E-state index contributed by atoms with van der Waals surface area (Å²) in [5.74, 6) is -0.00412. The fourth-order valence-electron chi connectivity index (χ4n) is 3.24. The highest BCUT2D eigenvalue weighted by molar-refractivity contribution is 9.10. The van der Waals surface area contributed by atoms with Gasteiger partial charge in [0.25, 0.3) is 0 Å². The first-order valence-electron chi connectivity index (χ1n) is 8.08. The highest BCUT2D eigenvalue weighted by atomic mass is 79.9. The molecule has 1 atom stereocenters. The monoisotopic (exact) mass is 384 g/mol. The Kier molecular flexibility index (Phi) is 3.88. The Balaban J connectivity index is 1.88. The predicted molar refractivity (Wildman–Crippen MR) is 95.5 cm³/mol. The number of amides is 2. The second-order valence-corrected chi connectivity index (χ2v) is 7.25. The van der Waals surface area contributed by atoms with Gasteiger partial charge in [-0.15, -0.1) is 0 Å². The van der Waals surface area contributed by atoms with Crippen LogP contribution in [0.5, 0.6) is 0 Å². The molecule has 1 saturated carbocycles. The molecule has 2 aromatic carbocycles. The maximum absolute atomic E-state index is 12.9. The van der Waals surface area contributed by atoms with Gasteiger partial charge in [0.05, 0.1) is 6.04 Å². The van der Waals surface area contributed by atoms with E-state index in [1.807, 2.05) is 48.5 Å². The summed E-state index contributed by atoms with van der Waals surface area (Å²) in [6.45, 7) is 0.0845. The molecule has 4 rings (SSSR count). The molecule has 0 unspecified atom stereocenters. The number of anilines is 1. The number of halogens is 1. The minimum Gasteiger partial charge on any atom is -0.324 e. The number of hydrogen-bond donors (Lipinski definition) is 1. The standard InChI is InChI=1S/C19H17BrN2O2/c20-14-8-9-16-15(10-14)18(12-4-2-1-3-5-12)22(11-17(23)21-16)19(24)13-6-7-13/h1-5,8-10,13,18H,6-7,11H2,(H,21,23)/t18-/m0/s1. The maximum Gasteiger partial charge on any atom is 0.244 e. The van der Waals surface area contributed by atoms with Crippen molar-refractivity contribution in [3.63, 3.8) is 0 Å². The van der Waals surface area contributed by atoms with Crippen molar-refractivity contribution in [3.8, 4) is 0 Å². The molecule has 0 spiro atoms. The van der Waals surface area contributed by atoms with Crippen LogP contribution in [-0.4, -0.2) is 23.3 Å². The van der Waals surface area contributed by atoms with E-state index >= 15 is 0 Å². The van der Waals surface area contributed by atoms with Crippen molar-refractivity contribution in [3.05, 3.63) is 64.1 Å². The van der Waals surface area contributed by atoms with Crippen LogP contribution in [0, 0.1) is 5.92 Å². The van der Waals surface area contributed by atoms with Crippen LogP contribution in [-0.2, 0) is 9.59 Å². The maximum atomic E-state index is 12.9. The van der Waals surface area contributed by atoms with Crippen LogP contribution >= 0.6 is 15.9 Å². The third-order valence-electron chi connectivity index (χ3n) is 4.53. The smallest absolute Gasteiger partial charge is 0.244 e. The average Bonchev–Trinajstić information content (AvgIpc) is 3.42. The number of benzene rings is 2. The van der Waals surface area contributed by atoms with Gasteiger partial charge in [-0.3, -0.25) is 9.59 Å². The number of carbonyl (C=O) groups excluding carboxylic acids is 2. The van der Waals surface area contributed by atoms with E-state index in [0.29, 0.717) is 0 Å². The van der Waals surface area contributed by atoms with Crippen LogP contribution in [0.4, 0.5) is 5.69 Å². The zero-order chi connectivity index (χ0) is 16.7. The molecule has 2 amide bonds. The van der Waals surface area contributed by atoms with Crippen LogP contribution in [0.3, 0.4) is 0 Å². The molecule has 1 N–H and O–H groups in total. The van der Waals surface area contributed by atoms with Crippen molar-refractivity contribution in [1.29, 1.82) is 0 Å². The fraction of sp³-hybridized carbons (Fsp3) is 0.263. The molecule has 1 fully saturated rings. The Morgan fingerprint density at radius 3 is 2.58 bits per heavy atom. The summed E-state index contributed by atoms with van der Waals surface area (Å²) in [6.07, 6.45) is 1.84. The predicted octanol–water partition coefficient (Wildman–Crippen LogP) is 3.73. The summed E-state index contributed by atoms with van der Waals surface area (Å²) in [5.41, 5.74) is 2.72. The fourth-order valence-corrected chi connectivity index (χ4v) is 3.62. The molecule has 0 aromatic heterocycles.